The normalized spacial score (nSPS) is 22.1. The second-order valence-corrected chi connectivity index (χ2v) is 1.94. The smallest absolute Gasteiger partial charge is 0.160 e. The van der Waals surface area contributed by atoms with Gasteiger partial charge in [-0.25, -0.2) is 0 Å². The minimum Gasteiger partial charge on any atom is -0.389 e. The van der Waals surface area contributed by atoms with Crippen LogP contribution in [-0.4, -0.2) is 27.2 Å². The fourth-order valence-electron chi connectivity index (χ4n) is 0.0934. The quantitative estimate of drug-likeness (QED) is 0.281. The van der Waals surface area contributed by atoms with Crippen molar-refractivity contribution in [3.8, 4) is 0 Å². The molecule has 2 atom stereocenters. The minimum absolute atomic E-state index is 0.993. The molecule has 0 aromatic carbocycles. The Bertz CT molecular complexity index is 71.7. The van der Waals surface area contributed by atoms with Gasteiger partial charge >= 0.3 is 0 Å². The Morgan fingerprint density at radius 1 is 1.62 bits per heavy atom. The molecule has 0 aliphatic rings. The van der Waals surface area contributed by atoms with Gasteiger partial charge < -0.3 is 15.4 Å². The number of hydroxylamine groups is 1. The number of hydrogen-bond acceptors (Lipinski definition) is 4. The largest absolute Gasteiger partial charge is 0.389 e. The van der Waals surface area contributed by atoms with Crippen molar-refractivity contribution in [3.05, 3.63) is 0 Å². The van der Waals surface area contributed by atoms with Crippen LogP contribution in [0.3, 0.4) is 0 Å². The number of aliphatic hydroxyl groups is 2. The number of nitrogens with one attached hydrogen (secondary N) is 1. The zero-order valence-corrected chi connectivity index (χ0v) is 4.92. The van der Waals surface area contributed by atoms with Gasteiger partial charge in [0.2, 0.25) is 0 Å². The van der Waals surface area contributed by atoms with E-state index < -0.39 is 11.8 Å². The molecule has 0 rings (SSSR count). The van der Waals surface area contributed by atoms with Crippen LogP contribution in [0.5, 0.6) is 0 Å². The van der Waals surface area contributed by atoms with Crippen LogP contribution in [0.1, 0.15) is 13.8 Å². The van der Waals surface area contributed by atoms with Crippen LogP contribution in [0, 0.1) is 0 Å². The second kappa shape index (κ2) is 2.41. The molecule has 0 aromatic heterocycles. The average Bonchev–Trinajstić information content (AvgIpc) is 1.67. The molecular weight excluding hydrogens is 110 g/mol. The highest BCUT2D eigenvalue weighted by molar-refractivity contribution is 4.69. The van der Waals surface area contributed by atoms with Crippen LogP contribution < -0.4 is 5.48 Å². The molecule has 0 heterocycles. The predicted molar refractivity (Wildman–Crippen MR) is 27.2 cm³/mol. The second-order valence-electron chi connectivity index (χ2n) is 1.94. The van der Waals surface area contributed by atoms with Gasteiger partial charge in [-0.1, -0.05) is 0 Å². The summed E-state index contributed by atoms with van der Waals surface area (Å²) in [6.45, 7) is 2.63. The highest BCUT2D eigenvalue weighted by Gasteiger charge is 2.24. The van der Waals surface area contributed by atoms with E-state index in [1.165, 1.54) is 13.8 Å². The lowest BCUT2D eigenvalue weighted by Crippen LogP contribution is -2.49. The van der Waals surface area contributed by atoms with Crippen molar-refractivity contribution < 1.29 is 15.4 Å². The summed E-state index contributed by atoms with van der Waals surface area (Å²) in [5.74, 6) is 0. The summed E-state index contributed by atoms with van der Waals surface area (Å²) in [6, 6.07) is 0. The third-order valence-corrected chi connectivity index (χ3v) is 1.04. The van der Waals surface area contributed by atoms with E-state index in [1.54, 1.807) is 5.48 Å². The van der Waals surface area contributed by atoms with Gasteiger partial charge in [0.15, 0.2) is 5.72 Å². The maximum absolute atomic E-state index is 8.79. The van der Waals surface area contributed by atoms with Crippen LogP contribution in [0.2, 0.25) is 0 Å². The Labute approximate surface area is 47.7 Å². The summed E-state index contributed by atoms with van der Waals surface area (Å²) < 4.78 is 0. The van der Waals surface area contributed by atoms with E-state index >= 15 is 0 Å². The number of aliphatic hydroxyl groups excluding tert-OH is 1. The number of hydrogen-bond donors (Lipinski definition) is 4. The van der Waals surface area contributed by atoms with Crippen molar-refractivity contribution in [3.63, 3.8) is 0 Å². The zero-order chi connectivity index (χ0) is 6.78. The van der Waals surface area contributed by atoms with Gasteiger partial charge in [0, 0.05) is 0 Å². The average molecular weight is 121 g/mol. The topological polar surface area (TPSA) is 72.7 Å². The van der Waals surface area contributed by atoms with Crippen LogP contribution in [-0.2, 0) is 0 Å². The lowest BCUT2D eigenvalue weighted by molar-refractivity contribution is -0.143. The molecule has 0 saturated carbocycles. The number of rotatable bonds is 2. The van der Waals surface area contributed by atoms with Gasteiger partial charge in [-0.2, -0.15) is 5.48 Å². The molecule has 8 heavy (non-hydrogen) atoms. The molecule has 0 spiro atoms. The Morgan fingerprint density at radius 2 is 2.00 bits per heavy atom. The van der Waals surface area contributed by atoms with Gasteiger partial charge in [0.1, 0.15) is 0 Å². The molecular formula is C4H11NO3. The standard InChI is InChI=1S/C4H11NO3/c1-3(6)4(2,7)5-8/h3,5-8H,1-2H3. The zero-order valence-electron chi connectivity index (χ0n) is 4.92. The van der Waals surface area contributed by atoms with Gasteiger partial charge in [-0.05, 0) is 13.8 Å². The van der Waals surface area contributed by atoms with Gasteiger partial charge in [-0.15, -0.1) is 0 Å². The predicted octanol–water partition coefficient (Wildman–Crippen LogP) is -0.946. The molecule has 50 valence electrons. The van der Waals surface area contributed by atoms with E-state index in [1.807, 2.05) is 0 Å². The Balaban J connectivity index is 3.71. The molecule has 0 fully saturated rings. The summed E-state index contributed by atoms with van der Waals surface area (Å²) in [4.78, 5) is 0. The van der Waals surface area contributed by atoms with E-state index in [4.69, 9.17) is 15.4 Å². The summed E-state index contributed by atoms with van der Waals surface area (Å²) >= 11 is 0. The van der Waals surface area contributed by atoms with Crippen LogP contribution >= 0.6 is 0 Å². The molecule has 0 amide bonds. The Morgan fingerprint density at radius 3 is 2.00 bits per heavy atom. The lowest BCUT2D eigenvalue weighted by atomic mass is 10.2. The molecule has 0 aromatic rings. The summed E-state index contributed by atoms with van der Waals surface area (Å²) in [5, 5.41) is 25.5. The van der Waals surface area contributed by atoms with E-state index in [0.717, 1.165) is 0 Å². The highest BCUT2D eigenvalue weighted by atomic mass is 16.5. The lowest BCUT2D eigenvalue weighted by Gasteiger charge is -2.23. The first-order chi connectivity index (χ1) is 3.50. The van der Waals surface area contributed by atoms with E-state index in [2.05, 4.69) is 0 Å². The molecule has 0 aliphatic heterocycles. The van der Waals surface area contributed by atoms with Crippen molar-refractivity contribution in [2.24, 2.45) is 0 Å². The third-order valence-electron chi connectivity index (χ3n) is 1.04. The van der Waals surface area contributed by atoms with Crippen molar-refractivity contribution in [2.45, 2.75) is 25.7 Å². The maximum atomic E-state index is 8.79. The molecule has 4 N–H and O–H groups in total. The molecule has 0 bridgehead atoms. The maximum Gasteiger partial charge on any atom is 0.160 e. The molecule has 0 saturated heterocycles. The van der Waals surface area contributed by atoms with Crippen molar-refractivity contribution >= 4 is 0 Å². The van der Waals surface area contributed by atoms with Gasteiger partial charge in [0.05, 0.1) is 6.10 Å². The van der Waals surface area contributed by atoms with Crippen molar-refractivity contribution in [1.29, 1.82) is 0 Å². The van der Waals surface area contributed by atoms with E-state index in [-0.39, 0.29) is 0 Å². The highest BCUT2D eigenvalue weighted by Crippen LogP contribution is 2.01. The first-order valence-electron chi connectivity index (χ1n) is 2.32. The molecule has 0 radical (unpaired) electrons. The fourth-order valence-corrected chi connectivity index (χ4v) is 0.0934. The molecule has 2 unspecified atom stereocenters. The summed E-state index contributed by atoms with van der Waals surface area (Å²) in [6.07, 6.45) is -0.993. The third kappa shape index (κ3) is 1.75. The van der Waals surface area contributed by atoms with E-state index in [0.29, 0.717) is 0 Å². The molecule has 4 nitrogen and oxygen atoms in total. The summed E-state index contributed by atoms with van der Waals surface area (Å²) in [5.41, 5.74) is -0.0509. The summed E-state index contributed by atoms with van der Waals surface area (Å²) in [7, 11) is 0. The van der Waals surface area contributed by atoms with Gasteiger partial charge in [0.25, 0.3) is 0 Å². The van der Waals surface area contributed by atoms with Crippen molar-refractivity contribution in [1.82, 2.24) is 5.48 Å². The molecule has 0 aliphatic carbocycles. The van der Waals surface area contributed by atoms with Gasteiger partial charge in [-0.3, -0.25) is 0 Å². The minimum atomic E-state index is -1.60. The van der Waals surface area contributed by atoms with Crippen LogP contribution in [0.4, 0.5) is 0 Å². The van der Waals surface area contributed by atoms with E-state index in [9.17, 15) is 0 Å². The fraction of sp³-hybridized carbons (Fsp3) is 1.00. The molecule has 4 heteroatoms. The van der Waals surface area contributed by atoms with Crippen LogP contribution in [0.15, 0.2) is 0 Å². The Hall–Kier alpha value is -0.160. The SMILES string of the molecule is CC(O)C(C)(O)NO. The Kier molecular flexibility index (Phi) is 2.36. The van der Waals surface area contributed by atoms with Crippen molar-refractivity contribution in [2.75, 3.05) is 0 Å². The first kappa shape index (κ1) is 7.84. The first-order valence-corrected chi connectivity index (χ1v) is 2.32. The van der Waals surface area contributed by atoms with Crippen LogP contribution in [0.25, 0.3) is 0 Å². The monoisotopic (exact) mass is 121 g/mol.